The number of hydrogen-bond donors (Lipinski definition) is 2. The van der Waals surface area contributed by atoms with Crippen LogP contribution < -0.4 is 10.6 Å². The van der Waals surface area contributed by atoms with E-state index < -0.39 is 0 Å². The number of carbonyl (C=O) groups excluding carboxylic acids is 1. The van der Waals surface area contributed by atoms with E-state index in [4.69, 9.17) is 23.2 Å². The third-order valence-corrected chi connectivity index (χ3v) is 4.80. The molecule has 2 amide bonds. The van der Waals surface area contributed by atoms with Crippen molar-refractivity contribution in [3.8, 4) is 0 Å². The fourth-order valence-corrected chi connectivity index (χ4v) is 3.03. The highest BCUT2D eigenvalue weighted by Gasteiger charge is 2.39. The van der Waals surface area contributed by atoms with Crippen molar-refractivity contribution in [3.63, 3.8) is 0 Å². The van der Waals surface area contributed by atoms with E-state index in [1.807, 2.05) is 18.2 Å². The lowest BCUT2D eigenvalue weighted by Crippen LogP contribution is -2.52. The summed E-state index contributed by atoms with van der Waals surface area (Å²) in [5.41, 5.74) is 1.50. The average molecular weight is 335 g/mol. The van der Waals surface area contributed by atoms with Gasteiger partial charge in [0.05, 0.1) is 15.6 Å². The second kappa shape index (κ2) is 6.19. The first-order valence-electron chi connectivity index (χ1n) is 7.19. The molecule has 0 atom stereocenters. The number of urea groups is 1. The third-order valence-electron chi connectivity index (χ3n) is 4.06. The molecular weight excluding hydrogens is 319 g/mol. The van der Waals surface area contributed by atoms with E-state index >= 15 is 0 Å². The van der Waals surface area contributed by atoms with Gasteiger partial charge in [0.25, 0.3) is 0 Å². The van der Waals surface area contributed by atoms with Gasteiger partial charge in [0.15, 0.2) is 0 Å². The van der Waals surface area contributed by atoms with Gasteiger partial charge in [0.1, 0.15) is 0 Å². The van der Waals surface area contributed by atoms with Gasteiger partial charge in [-0.15, -0.1) is 0 Å². The normalized spacial score (nSPS) is 15.7. The summed E-state index contributed by atoms with van der Waals surface area (Å²) in [5, 5.41) is 6.80. The van der Waals surface area contributed by atoms with Crippen LogP contribution in [-0.4, -0.2) is 6.03 Å². The van der Waals surface area contributed by atoms with E-state index in [-0.39, 0.29) is 11.6 Å². The van der Waals surface area contributed by atoms with Crippen LogP contribution in [0.3, 0.4) is 0 Å². The lowest BCUT2D eigenvalue weighted by molar-refractivity contribution is 0.185. The maximum Gasteiger partial charge on any atom is 0.319 e. The fourth-order valence-electron chi connectivity index (χ4n) is 2.73. The van der Waals surface area contributed by atoms with Crippen LogP contribution in [0.4, 0.5) is 10.5 Å². The Hall–Kier alpha value is -1.71. The van der Waals surface area contributed by atoms with Gasteiger partial charge in [-0.3, -0.25) is 0 Å². The summed E-state index contributed by atoms with van der Waals surface area (Å²) in [6, 6.07) is 14.9. The smallest absolute Gasteiger partial charge is 0.319 e. The summed E-state index contributed by atoms with van der Waals surface area (Å²) < 4.78 is 0. The Kier molecular flexibility index (Phi) is 4.27. The van der Waals surface area contributed by atoms with Gasteiger partial charge in [-0.25, -0.2) is 4.79 Å². The Morgan fingerprint density at radius 1 is 1.00 bits per heavy atom. The highest BCUT2D eigenvalue weighted by molar-refractivity contribution is 6.42. The number of anilines is 1. The van der Waals surface area contributed by atoms with Crippen LogP contribution in [0.15, 0.2) is 48.5 Å². The molecule has 2 N–H and O–H groups in total. The van der Waals surface area contributed by atoms with Crippen LogP contribution in [0, 0.1) is 0 Å². The number of halogens is 2. The molecule has 3 rings (SSSR count). The van der Waals surface area contributed by atoms with Crippen LogP contribution in [-0.2, 0) is 5.54 Å². The van der Waals surface area contributed by atoms with Gasteiger partial charge in [-0.1, -0.05) is 53.5 Å². The lowest BCUT2D eigenvalue weighted by Gasteiger charge is -2.43. The van der Waals surface area contributed by atoms with E-state index in [0.717, 1.165) is 24.8 Å². The number of rotatable bonds is 3. The molecule has 0 heterocycles. The van der Waals surface area contributed by atoms with Crippen molar-refractivity contribution < 1.29 is 4.79 Å². The Balaban J connectivity index is 1.71. The van der Waals surface area contributed by atoms with E-state index in [1.165, 1.54) is 0 Å². The van der Waals surface area contributed by atoms with Crippen LogP contribution in [0.5, 0.6) is 0 Å². The van der Waals surface area contributed by atoms with Crippen molar-refractivity contribution in [2.45, 2.75) is 24.8 Å². The molecule has 0 bridgehead atoms. The molecular formula is C17H16Cl2N2O. The monoisotopic (exact) mass is 334 g/mol. The quantitative estimate of drug-likeness (QED) is 0.796. The van der Waals surface area contributed by atoms with Crippen LogP contribution in [0.2, 0.25) is 10.0 Å². The van der Waals surface area contributed by atoms with Crippen molar-refractivity contribution in [1.29, 1.82) is 0 Å². The van der Waals surface area contributed by atoms with Crippen molar-refractivity contribution in [2.75, 3.05) is 5.32 Å². The summed E-state index contributed by atoms with van der Waals surface area (Å²) in [6.45, 7) is 0. The maximum absolute atomic E-state index is 12.3. The molecule has 3 nitrogen and oxygen atoms in total. The minimum Gasteiger partial charge on any atom is -0.328 e. The summed E-state index contributed by atoms with van der Waals surface area (Å²) in [7, 11) is 0. The fraction of sp³-hybridized carbons (Fsp3) is 0.235. The first-order valence-corrected chi connectivity index (χ1v) is 7.94. The molecule has 5 heteroatoms. The van der Waals surface area contributed by atoms with Crippen molar-refractivity contribution in [2.24, 2.45) is 0 Å². The number of amides is 2. The topological polar surface area (TPSA) is 41.1 Å². The highest BCUT2D eigenvalue weighted by atomic mass is 35.5. The van der Waals surface area contributed by atoms with Crippen molar-refractivity contribution in [3.05, 3.63) is 64.1 Å². The van der Waals surface area contributed by atoms with E-state index in [0.29, 0.717) is 15.7 Å². The standard InChI is InChI=1S/C17H16Cl2N2O/c18-14-8-7-13(11-15(14)19)20-16(22)21-17(9-4-10-17)12-5-2-1-3-6-12/h1-3,5-8,11H,4,9-10H2,(H2,20,21,22). The molecule has 1 aliphatic carbocycles. The molecule has 1 fully saturated rings. The molecule has 0 aromatic heterocycles. The van der Waals surface area contributed by atoms with Crippen LogP contribution in [0.25, 0.3) is 0 Å². The zero-order chi connectivity index (χ0) is 15.6. The molecule has 0 radical (unpaired) electrons. The Bertz CT molecular complexity index is 684. The van der Waals surface area contributed by atoms with Gasteiger partial charge in [0.2, 0.25) is 0 Å². The molecule has 2 aromatic rings. The largest absolute Gasteiger partial charge is 0.328 e. The maximum atomic E-state index is 12.3. The first kappa shape index (κ1) is 15.2. The predicted octanol–water partition coefficient (Wildman–Crippen LogP) is 5.19. The molecule has 0 aliphatic heterocycles. The summed E-state index contributed by atoms with van der Waals surface area (Å²) in [5.74, 6) is 0. The molecule has 0 spiro atoms. The van der Waals surface area contributed by atoms with E-state index in [2.05, 4.69) is 22.8 Å². The second-order valence-corrected chi connectivity index (χ2v) is 6.32. The molecule has 1 aliphatic rings. The first-order chi connectivity index (χ1) is 10.6. The number of nitrogens with one attached hydrogen (secondary N) is 2. The van der Waals surface area contributed by atoms with E-state index in [9.17, 15) is 4.79 Å². The zero-order valence-corrected chi connectivity index (χ0v) is 13.4. The number of carbonyl (C=O) groups is 1. The second-order valence-electron chi connectivity index (χ2n) is 5.51. The van der Waals surface area contributed by atoms with Crippen LogP contribution >= 0.6 is 23.2 Å². The summed E-state index contributed by atoms with van der Waals surface area (Å²) in [4.78, 5) is 12.3. The SMILES string of the molecule is O=C(Nc1ccc(Cl)c(Cl)c1)NC1(c2ccccc2)CCC1. The average Bonchev–Trinajstić information content (AvgIpc) is 2.48. The summed E-state index contributed by atoms with van der Waals surface area (Å²) >= 11 is 11.8. The minimum atomic E-state index is -0.262. The molecule has 114 valence electrons. The van der Waals surface area contributed by atoms with Crippen molar-refractivity contribution in [1.82, 2.24) is 5.32 Å². The minimum absolute atomic E-state index is 0.234. The molecule has 1 saturated carbocycles. The third kappa shape index (κ3) is 3.06. The van der Waals surface area contributed by atoms with Gasteiger partial charge in [-0.2, -0.15) is 0 Å². The molecule has 22 heavy (non-hydrogen) atoms. The Labute approximate surface area is 139 Å². The van der Waals surface area contributed by atoms with Gasteiger partial charge in [0, 0.05) is 5.69 Å². The van der Waals surface area contributed by atoms with E-state index in [1.54, 1.807) is 18.2 Å². The van der Waals surface area contributed by atoms with Crippen LogP contribution in [0.1, 0.15) is 24.8 Å². The number of benzene rings is 2. The van der Waals surface area contributed by atoms with Gasteiger partial charge < -0.3 is 10.6 Å². The number of hydrogen-bond acceptors (Lipinski definition) is 1. The molecule has 2 aromatic carbocycles. The Morgan fingerprint density at radius 2 is 1.73 bits per heavy atom. The molecule has 0 unspecified atom stereocenters. The van der Waals surface area contributed by atoms with Crippen molar-refractivity contribution >= 4 is 34.9 Å². The Morgan fingerprint density at radius 3 is 2.32 bits per heavy atom. The highest BCUT2D eigenvalue weighted by Crippen LogP contribution is 2.41. The summed E-state index contributed by atoms with van der Waals surface area (Å²) in [6.07, 6.45) is 3.01. The van der Waals surface area contributed by atoms with Gasteiger partial charge in [-0.05, 0) is 43.0 Å². The predicted molar refractivity (Wildman–Crippen MR) is 90.6 cm³/mol. The molecule has 0 saturated heterocycles. The zero-order valence-electron chi connectivity index (χ0n) is 11.9. The lowest BCUT2D eigenvalue weighted by atomic mass is 9.72. The van der Waals surface area contributed by atoms with Gasteiger partial charge >= 0.3 is 6.03 Å².